The molecule has 0 aromatic carbocycles. The number of aliphatic carboxylic acids is 1. The van der Waals surface area contributed by atoms with Crippen LogP contribution >= 0.6 is 35.1 Å². The maximum Gasteiger partial charge on any atom is 0.352 e. The molecule has 1 fully saturated rings. The van der Waals surface area contributed by atoms with Crippen LogP contribution in [0.4, 0.5) is 5.13 Å². The lowest BCUT2D eigenvalue weighted by atomic mass is 10.0. The second kappa shape index (κ2) is 11.1. The molecule has 194 valence electrons. The second-order valence-corrected chi connectivity index (χ2v) is 10.4. The van der Waals surface area contributed by atoms with Crippen LogP contribution in [0.3, 0.4) is 0 Å². The summed E-state index contributed by atoms with van der Waals surface area (Å²) in [5.41, 5.74) is 11.3. The van der Waals surface area contributed by atoms with E-state index < -0.39 is 35.1 Å². The molecule has 17 heteroatoms. The Bertz CT molecular complexity index is 1310. The Morgan fingerprint density at radius 2 is 2.11 bits per heavy atom. The first kappa shape index (κ1) is 26.4. The zero-order valence-electron chi connectivity index (χ0n) is 19.2. The van der Waals surface area contributed by atoms with E-state index in [1.54, 1.807) is 23.2 Å². The fourth-order valence-electron chi connectivity index (χ4n) is 3.62. The summed E-state index contributed by atoms with van der Waals surface area (Å²) in [7, 11) is 0. The summed E-state index contributed by atoms with van der Waals surface area (Å²) in [5, 5.41) is 15.8. The molecule has 0 radical (unpaired) electrons. The molecule has 14 nitrogen and oxygen atoms in total. The van der Waals surface area contributed by atoms with Crippen molar-refractivity contribution in [1.82, 2.24) is 19.6 Å². The molecule has 1 unspecified atom stereocenters. The molecule has 2 aromatic rings. The van der Waals surface area contributed by atoms with Gasteiger partial charge in [-0.1, -0.05) is 5.16 Å². The molecule has 0 spiro atoms. The summed E-state index contributed by atoms with van der Waals surface area (Å²) >= 11 is 3.52. The van der Waals surface area contributed by atoms with E-state index in [2.05, 4.69) is 19.8 Å². The van der Waals surface area contributed by atoms with Crippen LogP contribution in [-0.2, 0) is 25.8 Å². The third kappa shape index (κ3) is 5.52. The highest BCUT2D eigenvalue weighted by molar-refractivity contribution is 8.00. The number of amides is 3. The van der Waals surface area contributed by atoms with Gasteiger partial charge in [0.25, 0.3) is 11.8 Å². The van der Waals surface area contributed by atoms with Gasteiger partial charge in [-0.2, -0.15) is 9.36 Å². The van der Waals surface area contributed by atoms with Gasteiger partial charge in [-0.25, -0.2) is 9.36 Å². The number of carboxylic acid groups (broad SMARTS) is 1. The Balaban J connectivity index is 1.51. The van der Waals surface area contributed by atoms with Crippen LogP contribution in [0.15, 0.2) is 41.0 Å². The molecule has 2 aliphatic heterocycles. The van der Waals surface area contributed by atoms with E-state index in [0.717, 1.165) is 16.4 Å². The summed E-state index contributed by atoms with van der Waals surface area (Å²) in [4.78, 5) is 59.6. The molecule has 2 atom stereocenters. The number of primary amides is 1. The molecule has 2 aromatic heterocycles. The third-order valence-electron chi connectivity index (χ3n) is 5.28. The predicted molar refractivity (Wildman–Crippen MR) is 135 cm³/mol. The molecular weight excluding hydrogens is 544 g/mol. The molecule has 0 bridgehead atoms. The van der Waals surface area contributed by atoms with Gasteiger partial charge in [-0.3, -0.25) is 19.3 Å². The van der Waals surface area contributed by atoms with Crippen molar-refractivity contribution < 1.29 is 33.7 Å². The number of fused-ring (bicyclic) bond motifs is 1. The molecule has 6 N–H and O–H groups in total. The van der Waals surface area contributed by atoms with Crippen LogP contribution in [0.25, 0.3) is 0 Å². The van der Waals surface area contributed by atoms with E-state index >= 15 is 0 Å². The molecule has 4 heterocycles. The van der Waals surface area contributed by atoms with Gasteiger partial charge in [0.15, 0.2) is 30.0 Å². The van der Waals surface area contributed by atoms with Crippen molar-refractivity contribution in [3.8, 4) is 0 Å². The number of β-lactam (4-membered cyclic amide) rings is 1. The molecule has 37 heavy (non-hydrogen) atoms. The van der Waals surface area contributed by atoms with E-state index in [9.17, 15) is 24.3 Å². The average molecular weight is 566 g/mol. The lowest BCUT2D eigenvalue weighted by molar-refractivity contribution is -0.689. The van der Waals surface area contributed by atoms with Gasteiger partial charge < -0.3 is 26.7 Å². The highest BCUT2D eigenvalue weighted by Crippen LogP contribution is 2.40. The normalized spacial score (nSPS) is 19.2. The number of rotatable bonds is 10. The van der Waals surface area contributed by atoms with E-state index in [1.807, 2.05) is 0 Å². The van der Waals surface area contributed by atoms with Crippen LogP contribution in [0.2, 0.25) is 0 Å². The summed E-state index contributed by atoms with van der Waals surface area (Å²) in [6.45, 7) is 0.182. The van der Waals surface area contributed by atoms with E-state index in [-0.39, 0.29) is 34.8 Å². The molecule has 0 saturated carbocycles. The number of thioether (sulfide) groups is 2. The topological polar surface area (TPSA) is 207 Å². The number of aromatic nitrogens is 3. The molecule has 3 amide bonds. The Morgan fingerprint density at radius 1 is 1.38 bits per heavy atom. The van der Waals surface area contributed by atoms with Crippen molar-refractivity contribution >= 4 is 69.6 Å². The molecular formula is C20H21N8O6S3+. The number of nitrogens with one attached hydrogen (secondary N) is 1. The number of nitrogens with two attached hydrogens (primary N) is 2. The Morgan fingerprint density at radius 3 is 2.70 bits per heavy atom. The Hall–Kier alpha value is -3.70. The van der Waals surface area contributed by atoms with E-state index in [1.165, 1.54) is 35.7 Å². The van der Waals surface area contributed by atoms with Gasteiger partial charge in [-0.15, -0.1) is 23.5 Å². The van der Waals surface area contributed by atoms with Crippen molar-refractivity contribution in [2.75, 3.05) is 23.7 Å². The van der Waals surface area contributed by atoms with E-state index in [4.69, 9.17) is 16.3 Å². The first-order valence-corrected chi connectivity index (χ1v) is 13.7. The predicted octanol–water partition coefficient (Wildman–Crippen LogP) is -1.01. The van der Waals surface area contributed by atoms with Gasteiger partial charge in [0.1, 0.15) is 17.1 Å². The maximum atomic E-state index is 13.0. The summed E-state index contributed by atoms with van der Waals surface area (Å²) in [6, 6.07) is 2.06. The lowest BCUT2D eigenvalue weighted by Crippen LogP contribution is -2.71. The Kier molecular flexibility index (Phi) is 7.94. The quantitative estimate of drug-likeness (QED) is 0.0685. The number of nitrogens with zero attached hydrogens (tertiary/aromatic N) is 5. The summed E-state index contributed by atoms with van der Waals surface area (Å²) < 4.78 is 5.66. The highest BCUT2D eigenvalue weighted by Gasteiger charge is 2.54. The second-order valence-electron chi connectivity index (χ2n) is 7.67. The summed E-state index contributed by atoms with van der Waals surface area (Å²) in [5.74, 6) is -2.75. The minimum absolute atomic E-state index is 0.0474. The molecule has 0 aliphatic carbocycles. The fourth-order valence-corrected chi connectivity index (χ4v) is 5.55. The number of nitrogen functional groups attached to an aromatic ring is 1. The number of anilines is 1. The summed E-state index contributed by atoms with van der Waals surface area (Å²) in [6.07, 6.45) is 4.99. The monoisotopic (exact) mass is 565 g/mol. The van der Waals surface area contributed by atoms with Crippen molar-refractivity contribution in [1.29, 1.82) is 0 Å². The zero-order valence-corrected chi connectivity index (χ0v) is 21.6. The van der Waals surface area contributed by atoms with Crippen LogP contribution < -0.4 is 21.4 Å². The van der Waals surface area contributed by atoms with Gasteiger partial charge in [0, 0.05) is 35.0 Å². The first-order chi connectivity index (χ1) is 17.7. The van der Waals surface area contributed by atoms with Gasteiger partial charge in [0.05, 0.1) is 5.56 Å². The van der Waals surface area contributed by atoms with Crippen LogP contribution in [-0.4, -0.2) is 78.1 Å². The zero-order chi connectivity index (χ0) is 26.7. The van der Waals surface area contributed by atoms with Crippen molar-refractivity contribution in [3.63, 3.8) is 0 Å². The first-order valence-electron chi connectivity index (χ1n) is 10.5. The molecule has 2 aliphatic rings. The number of carbonyl (C=O) groups excluding carboxylic acids is 3. The minimum Gasteiger partial charge on any atom is -0.477 e. The largest absolute Gasteiger partial charge is 0.477 e. The molecule has 1 saturated heterocycles. The average Bonchev–Trinajstić information content (AvgIpc) is 3.30. The van der Waals surface area contributed by atoms with Crippen LogP contribution in [0, 0.1) is 0 Å². The van der Waals surface area contributed by atoms with Crippen LogP contribution in [0.1, 0.15) is 16.2 Å². The SMILES string of the molecule is CSCON=C(C(=O)NC1C(=O)N2C(C(=O)O)=C(C[n+]3ccc(C(N)=O)cc3)CS[C@H]12)c1nsc(N)n1. The highest BCUT2D eigenvalue weighted by atomic mass is 32.2. The lowest BCUT2D eigenvalue weighted by Gasteiger charge is -2.49. The number of carbonyl (C=O) groups is 4. The Labute approximate surface area is 222 Å². The minimum atomic E-state index is -1.26. The number of hydrogen-bond acceptors (Lipinski definition) is 12. The van der Waals surface area contributed by atoms with Gasteiger partial charge in [-0.05, 0) is 6.26 Å². The van der Waals surface area contributed by atoms with Gasteiger partial charge >= 0.3 is 5.97 Å². The van der Waals surface area contributed by atoms with Crippen molar-refractivity contribution in [3.05, 3.63) is 47.2 Å². The number of hydrogen-bond donors (Lipinski definition) is 4. The fraction of sp³-hybridized carbons (Fsp3) is 0.300. The number of carboxylic acids is 1. The number of pyridine rings is 1. The standard InChI is InChI=1S/C20H20N8O6S3/c1-35-8-34-25-11(15-24-20(22)37-26-15)16(30)23-12-17(31)28-13(19(32)33)10(7-36-18(12)28)6-27-4-2-9(3-5-27)14(21)29/h2-5,12,18H,6-8H2,1H3,(H5-,21,22,23,24,26,29,30,32,33)/p+1/t12?,18-/m1/s1. The van der Waals surface area contributed by atoms with Crippen molar-refractivity contribution in [2.45, 2.75) is 18.0 Å². The van der Waals surface area contributed by atoms with Crippen LogP contribution in [0.5, 0.6) is 0 Å². The number of oxime groups is 1. The molecule has 4 rings (SSSR count). The smallest absolute Gasteiger partial charge is 0.352 e. The van der Waals surface area contributed by atoms with Gasteiger partial charge in [0.2, 0.25) is 17.4 Å². The van der Waals surface area contributed by atoms with Crippen molar-refractivity contribution in [2.24, 2.45) is 10.9 Å². The van der Waals surface area contributed by atoms with E-state index in [0.29, 0.717) is 16.9 Å². The third-order valence-corrected chi connectivity index (χ3v) is 7.50. The maximum absolute atomic E-state index is 13.0.